The second-order valence-electron chi connectivity index (χ2n) is 3.31. The van der Waals surface area contributed by atoms with Crippen LogP contribution in [0.4, 0.5) is 0 Å². The van der Waals surface area contributed by atoms with E-state index in [1.807, 2.05) is 19.9 Å². The third kappa shape index (κ3) is 2.13. The first-order valence-electron chi connectivity index (χ1n) is 4.59. The van der Waals surface area contributed by atoms with E-state index in [4.69, 9.17) is 11.6 Å². The summed E-state index contributed by atoms with van der Waals surface area (Å²) in [6.07, 6.45) is 3.55. The first kappa shape index (κ1) is 10.1. The van der Waals surface area contributed by atoms with Crippen molar-refractivity contribution in [3.05, 3.63) is 41.1 Å². The summed E-state index contributed by atoms with van der Waals surface area (Å²) >= 11 is 5.89. The molecule has 0 spiro atoms. The van der Waals surface area contributed by atoms with Crippen molar-refractivity contribution in [1.82, 2.24) is 15.0 Å². The molecule has 0 bridgehead atoms. The second-order valence-corrected chi connectivity index (χ2v) is 3.70. The molecule has 2 rings (SSSR count). The summed E-state index contributed by atoms with van der Waals surface area (Å²) in [5.74, 6) is 0.675. The van der Waals surface area contributed by atoms with Gasteiger partial charge in [-0.25, -0.2) is 9.97 Å². The fraction of sp³-hybridized carbons (Fsp3) is 0.182. The third-order valence-corrected chi connectivity index (χ3v) is 2.30. The van der Waals surface area contributed by atoms with Crippen molar-refractivity contribution in [3.63, 3.8) is 0 Å². The molecular weight excluding hydrogens is 210 g/mol. The maximum absolute atomic E-state index is 5.89. The van der Waals surface area contributed by atoms with Crippen molar-refractivity contribution in [3.8, 4) is 11.3 Å². The van der Waals surface area contributed by atoms with Gasteiger partial charge in [0.05, 0.1) is 5.69 Å². The molecule has 0 aromatic carbocycles. The van der Waals surface area contributed by atoms with Gasteiger partial charge in [0.2, 0.25) is 0 Å². The molecule has 0 saturated heterocycles. The Hall–Kier alpha value is -1.48. The minimum Gasteiger partial charge on any atom is -0.264 e. The number of hydrogen-bond acceptors (Lipinski definition) is 3. The van der Waals surface area contributed by atoms with Crippen LogP contribution in [0.15, 0.2) is 24.5 Å². The second kappa shape index (κ2) is 3.95. The number of pyridine rings is 1. The fourth-order valence-corrected chi connectivity index (χ4v) is 1.66. The Morgan fingerprint density at radius 3 is 2.67 bits per heavy atom. The molecule has 0 atom stereocenters. The highest BCUT2D eigenvalue weighted by atomic mass is 35.5. The van der Waals surface area contributed by atoms with Gasteiger partial charge in [0, 0.05) is 24.0 Å². The van der Waals surface area contributed by atoms with Crippen molar-refractivity contribution in [2.24, 2.45) is 0 Å². The Kier molecular flexibility index (Phi) is 2.64. The van der Waals surface area contributed by atoms with Crippen molar-refractivity contribution in [2.45, 2.75) is 13.8 Å². The van der Waals surface area contributed by atoms with Crippen LogP contribution in [0, 0.1) is 13.8 Å². The van der Waals surface area contributed by atoms with Crippen LogP contribution in [0.3, 0.4) is 0 Å². The molecule has 15 heavy (non-hydrogen) atoms. The van der Waals surface area contributed by atoms with Crippen LogP contribution < -0.4 is 0 Å². The third-order valence-electron chi connectivity index (χ3n) is 2.10. The number of nitrogens with zero attached hydrogens (tertiary/aromatic N) is 3. The topological polar surface area (TPSA) is 38.7 Å². The standard InChI is InChI=1S/C11H10ClN3/c1-7-6-13-4-3-9(7)10-5-11(12)15-8(2)14-10/h3-6H,1-2H3. The summed E-state index contributed by atoms with van der Waals surface area (Å²) in [6.45, 7) is 3.82. The number of rotatable bonds is 1. The first-order chi connectivity index (χ1) is 7.16. The van der Waals surface area contributed by atoms with Crippen LogP contribution in [0.5, 0.6) is 0 Å². The van der Waals surface area contributed by atoms with E-state index >= 15 is 0 Å². The average molecular weight is 220 g/mol. The lowest BCUT2D eigenvalue weighted by atomic mass is 10.1. The summed E-state index contributed by atoms with van der Waals surface area (Å²) in [5, 5.41) is 0.466. The highest BCUT2D eigenvalue weighted by Crippen LogP contribution is 2.22. The van der Waals surface area contributed by atoms with Gasteiger partial charge in [-0.1, -0.05) is 11.6 Å². The van der Waals surface area contributed by atoms with Crippen LogP contribution in [0.1, 0.15) is 11.4 Å². The Bertz CT molecular complexity index is 477. The summed E-state index contributed by atoms with van der Waals surface area (Å²) < 4.78 is 0. The predicted octanol–water partition coefficient (Wildman–Crippen LogP) is 2.81. The largest absolute Gasteiger partial charge is 0.264 e. The van der Waals surface area contributed by atoms with E-state index in [0.29, 0.717) is 11.0 Å². The van der Waals surface area contributed by atoms with E-state index in [2.05, 4.69) is 15.0 Å². The molecule has 0 amide bonds. The monoisotopic (exact) mass is 219 g/mol. The van der Waals surface area contributed by atoms with E-state index in [1.165, 1.54) is 0 Å². The minimum absolute atomic E-state index is 0.466. The van der Waals surface area contributed by atoms with Gasteiger partial charge < -0.3 is 0 Å². The lowest BCUT2D eigenvalue weighted by Crippen LogP contribution is -1.93. The molecule has 0 fully saturated rings. The van der Waals surface area contributed by atoms with E-state index in [9.17, 15) is 0 Å². The molecule has 76 valence electrons. The quantitative estimate of drug-likeness (QED) is 0.693. The van der Waals surface area contributed by atoms with Gasteiger partial charge in [-0.3, -0.25) is 4.98 Å². The normalized spacial score (nSPS) is 10.3. The molecule has 2 aromatic rings. The van der Waals surface area contributed by atoms with E-state index in [-0.39, 0.29) is 0 Å². The molecule has 4 heteroatoms. The lowest BCUT2D eigenvalue weighted by Gasteiger charge is -2.05. The molecule has 0 saturated carbocycles. The Labute approximate surface area is 93.2 Å². The number of halogens is 1. The van der Waals surface area contributed by atoms with Crippen LogP contribution in [-0.4, -0.2) is 15.0 Å². The van der Waals surface area contributed by atoms with Gasteiger partial charge in [0.25, 0.3) is 0 Å². The van der Waals surface area contributed by atoms with Crippen molar-refractivity contribution in [1.29, 1.82) is 0 Å². The molecule has 2 heterocycles. The fourth-order valence-electron chi connectivity index (χ4n) is 1.43. The lowest BCUT2D eigenvalue weighted by molar-refractivity contribution is 1.05. The zero-order valence-corrected chi connectivity index (χ0v) is 9.28. The molecule has 0 unspecified atom stereocenters. The Balaban J connectivity index is 2.59. The Morgan fingerprint density at radius 2 is 2.00 bits per heavy atom. The smallest absolute Gasteiger partial charge is 0.133 e. The number of aryl methyl sites for hydroxylation is 2. The van der Waals surface area contributed by atoms with Gasteiger partial charge in [0.1, 0.15) is 11.0 Å². The number of hydrogen-bond donors (Lipinski definition) is 0. The SMILES string of the molecule is Cc1nc(Cl)cc(-c2ccncc2C)n1. The first-order valence-corrected chi connectivity index (χ1v) is 4.97. The maximum Gasteiger partial charge on any atom is 0.133 e. The highest BCUT2D eigenvalue weighted by molar-refractivity contribution is 6.29. The Morgan fingerprint density at radius 1 is 1.20 bits per heavy atom. The van der Waals surface area contributed by atoms with Gasteiger partial charge in [-0.15, -0.1) is 0 Å². The summed E-state index contributed by atoms with van der Waals surface area (Å²) in [4.78, 5) is 12.4. The van der Waals surface area contributed by atoms with Crippen LogP contribution in [0.2, 0.25) is 5.15 Å². The predicted molar refractivity (Wildman–Crippen MR) is 59.7 cm³/mol. The molecule has 0 radical (unpaired) electrons. The van der Waals surface area contributed by atoms with E-state index < -0.39 is 0 Å². The van der Waals surface area contributed by atoms with Gasteiger partial charge in [-0.2, -0.15) is 0 Å². The summed E-state index contributed by atoms with van der Waals surface area (Å²) in [6, 6.07) is 3.68. The van der Waals surface area contributed by atoms with Crippen molar-refractivity contribution < 1.29 is 0 Å². The average Bonchev–Trinajstić information content (AvgIpc) is 2.16. The molecule has 0 aliphatic heterocycles. The van der Waals surface area contributed by atoms with E-state index in [1.54, 1.807) is 18.5 Å². The van der Waals surface area contributed by atoms with Gasteiger partial charge >= 0.3 is 0 Å². The molecule has 0 N–H and O–H groups in total. The van der Waals surface area contributed by atoms with Crippen LogP contribution in [-0.2, 0) is 0 Å². The summed E-state index contributed by atoms with van der Waals surface area (Å²) in [5.41, 5.74) is 2.96. The number of aromatic nitrogens is 3. The zero-order chi connectivity index (χ0) is 10.8. The van der Waals surface area contributed by atoms with E-state index in [0.717, 1.165) is 16.8 Å². The van der Waals surface area contributed by atoms with Crippen LogP contribution >= 0.6 is 11.6 Å². The molecule has 0 aliphatic rings. The molecule has 2 aromatic heterocycles. The molecule has 0 aliphatic carbocycles. The van der Waals surface area contributed by atoms with Crippen molar-refractivity contribution in [2.75, 3.05) is 0 Å². The van der Waals surface area contributed by atoms with Crippen molar-refractivity contribution >= 4 is 11.6 Å². The molecular formula is C11H10ClN3. The maximum atomic E-state index is 5.89. The molecule has 3 nitrogen and oxygen atoms in total. The summed E-state index contributed by atoms with van der Waals surface area (Å²) in [7, 11) is 0. The van der Waals surface area contributed by atoms with Gasteiger partial charge in [-0.05, 0) is 25.5 Å². The zero-order valence-electron chi connectivity index (χ0n) is 8.53. The van der Waals surface area contributed by atoms with Crippen LogP contribution in [0.25, 0.3) is 11.3 Å². The van der Waals surface area contributed by atoms with Gasteiger partial charge in [0.15, 0.2) is 0 Å². The minimum atomic E-state index is 0.466. The highest BCUT2D eigenvalue weighted by Gasteiger charge is 2.05.